The molecule has 0 aliphatic heterocycles. The summed E-state index contributed by atoms with van der Waals surface area (Å²) < 4.78 is 6.49. The molecule has 0 unspecified atom stereocenters. The van der Waals surface area contributed by atoms with Crippen molar-refractivity contribution in [3.8, 4) is 5.75 Å². The van der Waals surface area contributed by atoms with Crippen LogP contribution in [0, 0.1) is 0 Å². The maximum atomic E-state index is 13.9. The Labute approximate surface area is 252 Å². The molecule has 1 fully saturated rings. The van der Waals surface area contributed by atoms with Gasteiger partial charge in [-0.1, -0.05) is 90.5 Å². The number of hydrogen-bond acceptors (Lipinski definition) is 3. The largest absolute Gasteiger partial charge is 0.483 e. The molecule has 0 radical (unpaired) electrons. The Morgan fingerprint density at radius 1 is 0.949 bits per heavy atom. The topological polar surface area (TPSA) is 58.6 Å². The zero-order valence-corrected chi connectivity index (χ0v) is 25.2. The standard InChI is InChI=1S/C30H30BrCl3N2O3/c31-24-17-21(32)14-15-28(24)39-19-29(37)36(18-23-25(33)12-7-13-26(23)34)27(16-20-8-3-1-4-9-20)30(38)35-22-10-5-2-6-11-22/h1,3-4,7-9,12-15,17,22,27H,2,5-6,10-11,16,18-19H2,(H,35,38)/t27-/m1/s1. The predicted molar refractivity (Wildman–Crippen MR) is 161 cm³/mol. The highest BCUT2D eigenvalue weighted by atomic mass is 79.9. The van der Waals surface area contributed by atoms with Crippen molar-refractivity contribution in [2.24, 2.45) is 0 Å². The van der Waals surface area contributed by atoms with Gasteiger partial charge in [-0.25, -0.2) is 0 Å². The number of nitrogens with zero attached hydrogens (tertiary/aromatic N) is 1. The van der Waals surface area contributed by atoms with E-state index in [0.29, 0.717) is 37.3 Å². The molecule has 1 aliphatic carbocycles. The highest BCUT2D eigenvalue weighted by Gasteiger charge is 2.33. The summed E-state index contributed by atoms with van der Waals surface area (Å²) in [5.74, 6) is -0.0998. The summed E-state index contributed by atoms with van der Waals surface area (Å²) in [7, 11) is 0. The van der Waals surface area contributed by atoms with E-state index in [9.17, 15) is 9.59 Å². The maximum Gasteiger partial charge on any atom is 0.261 e. The summed E-state index contributed by atoms with van der Waals surface area (Å²) >= 11 is 22.5. The molecular formula is C30H30BrCl3N2O3. The van der Waals surface area contributed by atoms with Gasteiger partial charge in [0.25, 0.3) is 5.91 Å². The average Bonchev–Trinajstić information content (AvgIpc) is 2.92. The molecule has 1 N–H and O–H groups in total. The van der Waals surface area contributed by atoms with E-state index in [1.165, 1.54) is 11.3 Å². The molecule has 4 rings (SSSR count). The molecule has 0 heterocycles. The summed E-state index contributed by atoms with van der Waals surface area (Å²) in [6, 6.07) is 19.2. The number of carbonyl (C=O) groups is 2. The van der Waals surface area contributed by atoms with Gasteiger partial charge in [-0.05, 0) is 64.7 Å². The van der Waals surface area contributed by atoms with E-state index in [0.717, 1.165) is 31.2 Å². The van der Waals surface area contributed by atoms with Crippen LogP contribution in [0.3, 0.4) is 0 Å². The molecule has 5 nitrogen and oxygen atoms in total. The van der Waals surface area contributed by atoms with Crippen LogP contribution in [-0.2, 0) is 22.6 Å². The second-order valence-corrected chi connectivity index (χ2v) is 11.7. The summed E-state index contributed by atoms with van der Waals surface area (Å²) in [6.45, 7) is -0.234. The van der Waals surface area contributed by atoms with Crippen LogP contribution in [0.25, 0.3) is 0 Å². The lowest BCUT2D eigenvalue weighted by molar-refractivity contribution is -0.143. The van der Waals surface area contributed by atoms with Crippen LogP contribution >= 0.6 is 50.7 Å². The number of ether oxygens (including phenoxy) is 1. The van der Waals surface area contributed by atoms with E-state index < -0.39 is 6.04 Å². The Kier molecular flexibility index (Phi) is 11.0. The molecule has 39 heavy (non-hydrogen) atoms. The number of nitrogens with one attached hydrogen (secondary N) is 1. The molecule has 1 atom stereocenters. The lowest BCUT2D eigenvalue weighted by Crippen LogP contribution is -2.53. The third-order valence-electron chi connectivity index (χ3n) is 6.86. The molecule has 1 aliphatic rings. The van der Waals surface area contributed by atoms with Crippen molar-refractivity contribution < 1.29 is 14.3 Å². The summed E-state index contributed by atoms with van der Waals surface area (Å²) in [5, 5.41) is 4.60. The molecule has 3 aromatic carbocycles. The van der Waals surface area contributed by atoms with Crippen molar-refractivity contribution in [3.05, 3.63) is 97.4 Å². The van der Waals surface area contributed by atoms with Gasteiger partial charge in [-0.3, -0.25) is 9.59 Å². The Hall–Kier alpha value is -2.25. The molecule has 0 spiro atoms. The first-order valence-corrected chi connectivity index (χ1v) is 14.9. The molecule has 3 aromatic rings. The van der Waals surface area contributed by atoms with Gasteiger partial charge in [0.05, 0.1) is 4.47 Å². The summed E-state index contributed by atoms with van der Waals surface area (Å²) in [5.41, 5.74) is 1.51. The van der Waals surface area contributed by atoms with Gasteiger partial charge >= 0.3 is 0 Å². The zero-order valence-electron chi connectivity index (χ0n) is 21.3. The monoisotopic (exact) mass is 650 g/mol. The second kappa shape index (κ2) is 14.4. The van der Waals surface area contributed by atoms with Crippen LogP contribution in [0.1, 0.15) is 43.2 Å². The normalized spacial score (nSPS) is 14.5. The van der Waals surface area contributed by atoms with E-state index in [1.807, 2.05) is 30.3 Å². The molecule has 2 amide bonds. The van der Waals surface area contributed by atoms with Gasteiger partial charge in [0, 0.05) is 39.6 Å². The minimum absolute atomic E-state index is 0.0536. The lowest BCUT2D eigenvalue weighted by atomic mass is 9.94. The highest BCUT2D eigenvalue weighted by molar-refractivity contribution is 9.10. The average molecular weight is 653 g/mol. The quantitative estimate of drug-likeness (QED) is 0.243. The van der Waals surface area contributed by atoms with Crippen molar-refractivity contribution in [2.45, 2.75) is 57.2 Å². The Morgan fingerprint density at radius 2 is 1.64 bits per heavy atom. The fourth-order valence-electron chi connectivity index (χ4n) is 4.77. The van der Waals surface area contributed by atoms with Crippen LogP contribution in [0.4, 0.5) is 0 Å². The number of hydrogen-bond donors (Lipinski definition) is 1. The summed E-state index contributed by atoms with van der Waals surface area (Å²) in [4.78, 5) is 29.2. The Balaban J connectivity index is 1.65. The van der Waals surface area contributed by atoms with Crippen molar-refractivity contribution in [1.29, 1.82) is 0 Å². The maximum absolute atomic E-state index is 13.9. The van der Waals surface area contributed by atoms with Crippen LogP contribution in [0.5, 0.6) is 5.75 Å². The molecule has 0 aromatic heterocycles. The molecule has 9 heteroatoms. The minimum Gasteiger partial charge on any atom is -0.483 e. The van der Waals surface area contributed by atoms with Crippen LogP contribution in [-0.4, -0.2) is 35.4 Å². The molecule has 0 saturated heterocycles. The van der Waals surface area contributed by atoms with E-state index in [2.05, 4.69) is 21.2 Å². The van der Waals surface area contributed by atoms with Crippen molar-refractivity contribution in [3.63, 3.8) is 0 Å². The van der Waals surface area contributed by atoms with E-state index in [4.69, 9.17) is 39.5 Å². The van der Waals surface area contributed by atoms with E-state index in [-0.39, 0.29) is 31.0 Å². The first-order chi connectivity index (χ1) is 18.8. The SMILES string of the molecule is O=C(NC1CCCCC1)[C@@H](Cc1ccccc1)N(Cc1c(Cl)cccc1Cl)C(=O)COc1ccc(Cl)cc1Br. The van der Waals surface area contributed by atoms with Crippen molar-refractivity contribution >= 4 is 62.5 Å². The Morgan fingerprint density at radius 3 is 2.31 bits per heavy atom. The third-order valence-corrected chi connectivity index (χ3v) is 8.42. The lowest BCUT2D eigenvalue weighted by Gasteiger charge is -2.33. The zero-order chi connectivity index (χ0) is 27.8. The second-order valence-electron chi connectivity index (χ2n) is 9.63. The van der Waals surface area contributed by atoms with Crippen molar-refractivity contribution in [2.75, 3.05) is 6.61 Å². The van der Waals surface area contributed by atoms with Gasteiger partial charge in [0.15, 0.2) is 6.61 Å². The fourth-order valence-corrected chi connectivity index (χ4v) is 6.08. The molecular weight excluding hydrogens is 623 g/mol. The van der Waals surface area contributed by atoms with Gasteiger partial charge in [-0.2, -0.15) is 0 Å². The smallest absolute Gasteiger partial charge is 0.261 e. The molecule has 1 saturated carbocycles. The molecule has 0 bridgehead atoms. The highest BCUT2D eigenvalue weighted by Crippen LogP contribution is 2.30. The van der Waals surface area contributed by atoms with Gasteiger partial charge in [0.2, 0.25) is 5.91 Å². The van der Waals surface area contributed by atoms with Gasteiger partial charge < -0.3 is 15.0 Å². The third kappa shape index (κ3) is 8.37. The number of carbonyl (C=O) groups excluding carboxylic acids is 2. The van der Waals surface area contributed by atoms with E-state index in [1.54, 1.807) is 36.4 Å². The predicted octanol–water partition coefficient (Wildman–Crippen LogP) is 7.88. The van der Waals surface area contributed by atoms with Gasteiger partial charge in [-0.15, -0.1) is 0 Å². The minimum atomic E-state index is -0.800. The number of benzene rings is 3. The first kappa shape index (κ1) is 29.7. The van der Waals surface area contributed by atoms with Crippen molar-refractivity contribution in [1.82, 2.24) is 10.2 Å². The number of halogens is 4. The first-order valence-electron chi connectivity index (χ1n) is 13.0. The van der Waals surface area contributed by atoms with Crippen LogP contribution in [0.15, 0.2) is 71.2 Å². The Bertz CT molecular complexity index is 1270. The fraction of sp³-hybridized carbons (Fsp3) is 0.333. The van der Waals surface area contributed by atoms with Gasteiger partial charge in [0.1, 0.15) is 11.8 Å². The number of rotatable bonds is 10. The summed E-state index contributed by atoms with van der Waals surface area (Å²) in [6.07, 6.45) is 5.53. The van der Waals surface area contributed by atoms with Crippen LogP contribution < -0.4 is 10.1 Å². The van der Waals surface area contributed by atoms with Crippen LogP contribution in [0.2, 0.25) is 15.1 Å². The number of amides is 2. The molecule has 206 valence electrons. The van der Waals surface area contributed by atoms with E-state index >= 15 is 0 Å².